The molecule has 1 spiro atoms. The summed E-state index contributed by atoms with van der Waals surface area (Å²) in [5.41, 5.74) is 10.2. The van der Waals surface area contributed by atoms with Gasteiger partial charge in [0.05, 0.1) is 36.4 Å². The SMILES string of the molecule is C[C@@H]1OCC2(CCN(c3cnc4c(N5CCCc6nc(N7CC[C@H](O)C7)ccc65)n[nH]c4n3)CC2)[C@@H]1N. The van der Waals surface area contributed by atoms with Crippen molar-refractivity contribution < 1.29 is 9.84 Å². The van der Waals surface area contributed by atoms with E-state index in [9.17, 15) is 5.11 Å². The maximum Gasteiger partial charge on any atom is 0.183 e. The first-order valence-electron chi connectivity index (χ1n) is 13.5. The highest BCUT2D eigenvalue weighted by molar-refractivity contribution is 5.87. The summed E-state index contributed by atoms with van der Waals surface area (Å²) in [5, 5.41) is 17.7. The number of hydrogen-bond acceptors (Lipinski definition) is 10. The molecule has 3 fully saturated rings. The standard InChI is InChI=1S/C26H35N9O2/c1-16-23(27)26(15-37-16)7-11-33(12-8-26)21-13-28-22-24(30-21)31-32-25(22)35-9-2-3-18-19(35)4-5-20(29-18)34-10-6-17(36)14-34/h4-5,13,16-17,23,36H,2-3,6-12,14-15,27H2,1H3,(H,30,31,32)/t16-,17-,23+/m0/s1. The molecule has 3 aromatic rings. The fraction of sp³-hybridized carbons (Fsp3) is 0.615. The van der Waals surface area contributed by atoms with E-state index >= 15 is 0 Å². The van der Waals surface area contributed by atoms with Crippen LogP contribution in [0.2, 0.25) is 0 Å². The number of aryl methyl sites for hydroxylation is 1. The van der Waals surface area contributed by atoms with Gasteiger partial charge in [0.25, 0.3) is 0 Å². The van der Waals surface area contributed by atoms with Gasteiger partial charge in [-0.2, -0.15) is 5.10 Å². The Bertz CT molecular complexity index is 1300. The molecule has 11 nitrogen and oxygen atoms in total. The lowest BCUT2D eigenvalue weighted by Gasteiger charge is -2.41. The Kier molecular flexibility index (Phi) is 5.49. The number of nitrogens with zero attached hydrogens (tertiary/aromatic N) is 7. The Morgan fingerprint density at radius 3 is 2.73 bits per heavy atom. The summed E-state index contributed by atoms with van der Waals surface area (Å²) in [5.74, 6) is 2.61. The van der Waals surface area contributed by atoms with Gasteiger partial charge in [0.1, 0.15) is 11.6 Å². The van der Waals surface area contributed by atoms with Crippen molar-refractivity contribution in [3.05, 3.63) is 24.0 Å². The predicted octanol–water partition coefficient (Wildman–Crippen LogP) is 1.74. The lowest BCUT2D eigenvalue weighted by Crippen LogP contribution is -2.50. The molecule has 196 valence electrons. The van der Waals surface area contributed by atoms with Gasteiger partial charge >= 0.3 is 0 Å². The minimum Gasteiger partial charge on any atom is -0.391 e. The number of rotatable bonds is 3. The van der Waals surface area contributed by atoms with Crippen LogP contribution in [0, 0.1) is 5.41 Å². The maximum atomic E-state index is 9.92. The number of aromatic nitrogens is 5. The largest absolute Gasteiger partial charge is 0.391 e. The molecule has 0 unspecified atom stereocenters. The van der Waals surface area contributed by atoms with E-state index in [2.05, 4.69) is 44.0 Å². The first kappa shape index (κ1) is 23.1. The molecule has 7 rings (SSSR count). The predicted molar refractivity (Wildman–Crippen MR) is 141 cm³/mol. The summed E-state index contributed by atoms with van der Waals surface area (Å²) in [6.07, 6.45) is 6.45. The van der Waals surface area contributed by atoms with Gasteiger partial charge in [-0.05, 0) is 51.2 Å². The number of H-pyrrole nitrogens is 1. The Morgan fingerprint density at radius 1 is 1.11 bits per heavy atom. The highest BCUT2D eigenvalue weighted by Crippen LogP contribution is 2.42. The van der Waals surface area contributed by atoms with Crippen LogP contribution in [0.25, 0.3) is 11.2 Å². The van der Waals surface area contributed by atoms with Gasteiger partial charge < -0.3 is 30.3 Å². The number of aromatic amines is 1. The highest BCUT2D eigenvalue weighted by Gasteiger charge is 2.47. The van der Waals surface area contributed by atoms with E-state index in [1.165, 1.54) is 0 Å². The van der Waals surface area contributed by atoms with Crippen LogP contribution in [0.5, 0.6) is 0 Å². The molecule has 0 bridgehead atoms. The second kappa shape index (κ2) is 8.78. The van der Waals surface area contributed by atoms with Crippen LogP contribution >= 0.6 is 0 Å². The van der Waals surface area contributed by atoms with Crippen molar-refractivity contribution >= 4 is 34.3 Å². The monoisotopic (exact) mass is 505 g/mol. The van der Waals surface area contributed by atoms with Crippen LogP contribution in [-0.2, 0) is 11.2 Å². The molecule has 0 aliphatic carbocycles. The van der Waals surface area contributed by atoms with E-state index in [4.69, 9.17) is 25.4 Å². The number of aliphatic hydroxyl groups is 1. The van der Waals surface area contributed by atoms with Gasteiger partial charge in [-0.1, -0.05) is 0 Å². The van der Waals surface area contributed by atoms with E-state index < -0.39 is 0 Å². The van der Waals surface area contributed by atoms with E-state index in [0.29, 0.717) is 12.2 Å². The topological polar surface area (TPSA) is 133 Å². The summed E-state index contributed by atoms with van der Waals surface area (Å²) >= 11 is 0. The summed E-state index contributed by atoms with van der Waals surface area (Å²) in [6.45, 7) is 6.97. The van der Waals surface area contributed by atoms with E-state index in [1.807, 2.05) is 6.20 Å². The average Bonchev–Trinajstić information content (AvgIpc) is 3.63. The first-order chi connectivity index (χ1) is 18.0. The molecule has 3 atom stereocenters. The lowest BCUT2D eigenvalue weighted by molar-refractivity contribution is 0.0974. The summed E-state index contributed by atoms with van der Waals surface area (Å²) in [6, 6.07) is 4.28. The number of anilines is 4. The third kappa shape index (κ3) is 3.82. The number of aliphatic hydroxyl groups excluding tert-OH is 1. The summed E-state index contributed by atoms with van der Waals surface area (Å²) in [4.78, 5) is 21.4. The van der Waals surface area contributed by atoms with E-state index in [1.54, 1.807) is 0 Å². The minimum atomic E-state index is -0.266. The zero-order valence-electron chi connectivity index (χ0n) is 21.3. The molecule has 4 aliphatic heterocycles. The molecule has 0 radical (unpaired) electrons. The average molecular weight is 506 g/mol. The Labute approximate surface area is 216 Å². The van der Waals surface area contributed by atoms with Crippen LogP contribution in [0.1, 0.15) is 38.3 Å². The maximum absolute atomic E-state index is 9.92. The summed E-state index contributed by atoms with van der Waals surface area (Å²) < 4.78 is 5.87. The number of hydrogen-bond donors (Lipinski definition) is 3. The number of ether oxygens (including phenoxy) is 1. The van der Waals surface area contributed by atoms with Crippen LogP contribution < -0.4 is 20.4 Å². The van der Waals surface area contributed by atoms with Crippen molar-refractivity contribution in [3.63, 3.8) is 0 Å². The van der Waals surface area contributed by atoms with Gasteiger partial charge in [-0.3, -0.25) is 5.10 Å². The number of nitrogens with one attached hydrogen (secondary N) is 1. The number of pyridine rings is 1. The van der Waals surface area contributed by atoms with E-state index in [-0.39, 0.29) is 23.7 Å². The normalized spacial score (nSPS) is 27.4. The fourth-order valence-electron chi connectivity index (χ4n) is 6.56. The molecule has 0 aromatic carbocycles. The molecule has 11 heteroatoms. The van der Waals surface area contributed by atoms with Gasteiger partial charge in [0, 0.05) is 44.2 Å². The van der Waals surface area contributed by atoms with Crippen LogP contribution in [0.3, 0.4) is 0 Å². The van der Waals surface area contributed by atoms with Crippen molar-refractivity contribution in [1.29, 1.82) is 0 Å². The highest BCUT2D eigenvalue weighted by atomic mass is 16.5. The van der Waals surface area contributed by atoms with E-state index in [0.717, 1.165) is 99.2 Å². The van der Waals surface area contributed by atoms with Crippen molar-refractivity contribution in [2.45, 2.75) is 57.3 Å². The number of nitrogens with two attached hydrogens (primary N) is 1. The second-order valence-corrected chi connectivity index (χ2v) is 11.1. The van der Waals surface area contributed by atoms with Gasteiger partial charge in [0.2, 0.25) is 0 Å². The lowest BCUT2D eigenvalue weighted by atomic mass is 9.73. The van der Waals surface area contributed by atoms with Crippen molar-refractivity contribution in [2.75, 3.05) is 54.0 Å². The zero-order valence-corrected chi connectivity index (χ0v) is 21.3. The Morgan fingerprint density at radius 2 is 1.97 bits per heavy atom. The first-order valence-corrected chi connectivity index (χ1v) is 13.5. The molecule has 37 heavy (non-hydrogen) atoms. The molecule has 7 heterocycles. The third-order valence-electron chi connectivity index (χ3n) is 8.93. The van der Waals surface area contributed by atoms with Crippen LogP contribution in [0.4, 0.5) is 23.1 Å². The zero-order chi connectivity index (χ0) is 25.1. The Balaban J connectivity index is 1.12. The molecule has 4 aliphatic rings. The minimum absolute atomic E-state index is 0.0821. The molecule has 3 saturated heterocycles. The molecular weight excluding hydrogens is 470 g/mol. The van der Waals surface area contributed by atoms with Crippen molar-refractivity contribution in [2.24, 2.45) is 11.1 Å². The molecule has 0 saturated carbocycles. The number of β-amino-alcohol motifs (C(OH)–C–C–N with tert-alkyl or cyclic N) is 1. The van der Waals surface area contributed by atoms with Crippen LogP contribution in [-0.4, -0.2) is 87.8 Å². The fourth-order valence-corrected chi connectivity index (χ4v) is 6.56. The van der Waals surface area contributed by atoms with Crippen molar-refractivity contribution in [3.8, 4) is 0 Å². The smallest absolute Gasteiger partial charge is 0.183 e. The molecule has 0 amide bonds. The number of piperidine rings is 1. The molecular formula is C26H35N9O2. The molecule has 4 N–H and O–H groups in total. The van der Waals surface area contributed by atoms with Crippen LogP contribution in [0.15, 0.2) is 18.3 Å². The Hall–Kier alpha value is -3.02. The quantitative estimate of drug-likeness (QED) is 0.483. The van der Waals surface area contributed by atoms with Gasteiger partial charge in [-0.15, -0.1) is 0 Å². The number of fused-ring (bicyclic) bond motifs is 2. The second-order valence-electron chi connectivity index (χ2n) is 11.1. The summed E-state index contributed by atoms with van der Waals surface area (Å²) in [7, 11) is 0. The van der Waals surface area contributed by atoms with Gasteiger partial charge in [0.15, 0.2) is 17.0 Å². The van der Waals surface area contributed by atoms with Crippen molar-refractivity contribution in [1.82, 2.24) is 25.1 Å². The third-order valence-corrected chi connectivity index (χ3v) is 8.93. The van der Waals surface area contributed by atoms with Gasteiger partial charge in [-0.25, -0.2) is 15.0 Å². The molecule has 3 aromatic heterocycles.